The van der Waals surface area contributed by atoms with E-state index in [1.165, 1.54) is 9.13 Å². The summed E-state index contributed by atoms with van der Waals surface area (Å²) in [6.07, 6.45) is 1.09. The van der Waals surface area contributed by atoms with Gasteiger partial charge in [0.05, 0.1) is 13.2 Å². The fourth-order valence-corrected chi connectivity index (χ4v) is 2.91. The second kappa shape index (κ2) is 8.87. The number of rotatable bonds is 5. The van der Waals surface area contributed by atoms with Crippen molar-refractivity contribution in [2.24, 2.45) is 0 Å². The Hall–Kier alpha value is -0.440. The van der Waals surface area contributed by atoms with Crippen molar-refractivity contribution in [3.8, 4) is 0 Å². The zero-order valence-corrected chi connectivity index (χ0v) is 15.3. The third kappa shape index (κ3) is 6.06. The standard InChI is InChI=1S/C15H22IN3OS/c1-12-3-4-13(11-14(12)16)18-15(21)17-5-2-6-19-7-9-20-10-8-19/h3-4,11H,2,5-10H2,1H3,(H2,17,18,21). The van der Waals surface area contributed by atoms with Gasteiger partial charge in [0.2, 0.25) is 0 Å². The molecule has 1 aliphatic rings. The topological polar surface area (TPSA) is 36.5 Å². The Balaban J connectivity index is 1.63. The smallest absolute Gasteiger partial charge is 0.170 e. The van der Waals surface area contributed by atoms with Crippen molar-refractivity contribution in [2.75, 3.05) is 44.7 Å². The average Bonchev–Trinajstić information content (AvgIpc) is 2.49. The molecule has 1 saturated heterocycles. The van der Waals surface area contributed by atoms with E-state index in [1.807, 2.05) is 0 Å². The van der Waals surface area contributed by atoms with Crippen LogP contribution in [-0.2, 0) is 4.74 Å². The number of nitrogens with one attached hydrogen (secondary N) is 2. The molecule has 2 rings (SSSR count). The lowest BCUT2D eigenvalue weighted by molar-refractivity contribution is 0.0376. The van der Waals surface area contributed by atoms with Crippen LogP contribution in [0.5, 0.6) is 0 Å². The van der Waals surface area contributed by atoms with Gasteiger partial charge in [-0.25, -0.2) is 0 Å². The molecule has 0 amide bonds. The van der Waals surface area contributed by atoms with E-state index in [0.29, 0.717) is 5.11 Å². The predicted octanol–water partition coefficient (Wildman–Crippen LogP) is 2.61. The molecule has 1 aliphatic heterocycles. The van der Waals surface area contributed by atoms with Crippen LogP contribution in [0.25, 0.3) is 0 Å². The molecule has 0 aromatic heterocycles. The average molecular weight is 419 g/mol. The summed E-state index contributed by atoms with van der Waals surface area (Å²) in [7, 11) is 0. The van der Waals surface area contributed by atoms with Gasteiger partial charge in [-0.3, -0.25) is 4.90 Å². The summed E-state index contributed by atoms with van der Waals surface area (Å²) in [5.74, 6) is 0. The minimum Gasteiger partial charge on any atom is -0.379 e. The zero-order chi connectivity index (χ0) is 15.1. The molecule has 0 radical (unpaired) electrons. The molecule has 0 aliphatic carbocycles. The summed E-state index contributed by atoms with van der Waals surface area (Å²) in [5, 5.41) is 7.19. The number of hydrogen-bond acceptors (Lipinski definition) is 3. The van der Waals surface area contributed by atoms with Gasteiger partial charge in [0, 0.05) is 28.9 Å². The monoisotopic (exact) mass is 419 g/mol. The summed E-state index contributed by atoms with van der Waals surface area (Å²) < 4.78 is 6.58. The van der Waals surface area contributed by atoms with Crippen molar-refractivity contribution in [3.05, 3.63) is 27.3 Å². The SMILES string of the molecule is Cc1ccc(NC(=S)NCCCN2CCOCC2)cc1I. The molecular formula is C15H22IN3OS. The van der Waals surface area contributed by atoms with Gasteiger partial charge in [0.1, 0.15) is 0 Å². The molecule has 0 bridgehead atoms. The molecule has 2 N–H and O–H groups in total. The maximum absolute atomic E-state index is 5.34. The molecule has 0 unspecified atom stereocenters. The first-order chi connectivity index (χ1) is 10.1. The second-order valence-electron chi connectivity index (χ2n) is 5.15. The molecule has 0 atom stereocenters. The third-order valence-corrected chi connectivity index (χ3v) is 4.88. The normalized spacial score (nSPS) is 15.7. The van der Waals surface area contributed by atoms with Crippen LogP contribution in [0.15, 0.2) is 18.2 Å². The summed E-state index contributed by atoms with van der Waals surface area (Å²) in [5.41, 5.74) is 2.32. The van der Waals surface area contributed by atoms with Crippen molar-refractivity contribution in [1.82, 2.24) is 10.2 Å². The number of ether oxygens (including phenoxy) is 1. The van der Waals surface area contributed by atoms with E-state index >= 15 is 0 Å². The number of aryl methyl sites for hydroxylation is 1. The van der Waals surface area contributed by atoms with Crippen LogP contribution in [-0.4, -0.2) is 49.4 Å². The van der Waals surface area contributed by atoms with Crippen LogP contribution in [0.3, 0.4) is 0 Å². The highest BCUT2D eigenvalue weighted by atomic mass is 127. The van der Waals surface area contributed by atoms with Crippen LogP contribution in [0, 0.1) is 10.5 Å². The van der Waals surface area contributed by atoms with E-state index in [-0.39, 0.29) is 0 Å². The van der Waals surface area contributed by atoms with Gasteiger partial charge in [-0.2, -0.15) is 0 Å². The Morgan fingerprint density at radius 3 is 2.86 bits per heavy atom. The van der Waals surface area contributed by atoms with E-state index in [1.54, 1.807) is 0 Å². The molecule has 0 spiro atoms. The van der Waals surface area contributed by atoms with Crippen LogP contribution in [0.1, 0.15) is 12.0 Å². The van der Waals surface area contributed by atoms with Crippen LogP contribution in [0.4, 0.5) is 5.69 Å². The van der Waals surface area contributed by atoms with Crippen LogP contribution in [0.2, 0.25) is 0 Å². The molecule has 1 aromatic rings. The third-order valence-electron chi connectivity index (χ3n) is 3.47. The Labute approximate surface area is 145 Å². The van der Waals surface area contributed by atoms with Crippen molar-refractivity contribution < 1.29 is 4.74 Å². The molecule has 4 nitrogen and oxygen atoms in total. The molecule has 1 aromatic carbocycles. The van der Waals surface area contributed by atoms with Crippen molar-refractivity contribution in [3.63, 3.8) is 0 Å². The number of halogens is 1. The number of morpholine rings is 1. The number of thiocarbonyl (C=S) groups is 1. The highest BCUT2D eigenvalue weighted by molar-refractivity contribution is 14.1. The molecule has 21 heavy (non-hydrogen) atoms. The summed E-state index contributed by atoms with van der Waals surface area (Å²) >= 11 is 7.66. The lowest BCUT2D eigenvalue weighted by atomic mass is 10.2. The van der Waals surface area contributed by atoms with Crippen molar-refractivity contribution in [1.29, 1.82) is 0 Å². The number of benzene rings is 1. The van der Waals surface area contributed by atoms with Crippen molar-refractivity contribution in [2.45, 2.75) is 13.3 Å². The van der Waals surface area contributed by atoms with E-state index in [9.17, 15) is 0 Å². The van der Waals surface area contributed by atoms with Crippen LogP contribution >= 0.6 is 34.8 Å². The Morgan fingerprint density at radius 1 is 1.38 bits per heavy atom. The molecular weight excluding hydrogens is 397 g/mol. The van der Waals surface area contributed by atoms with E-state index < -0.39 is 0 Å². The molecule has 116 valence electrons. The van der Waals surface area contributed by atoms with Gasteiger partial charge in [-0.15, -0.1) is 0 Å². The maximum Gasteiger partial charge on any atom is 0.170 e. The summed E-state index contributed by atoms with van der Waals surface area (Å²) in [4.78, 5) is 2.43. The van der Waals surface area contributed by atoms with Crippen LogP contribution < -0.4 is 10.6 Å². The fourth-order valence-electron chi connectivity index (χ4n) is 2.18. The predicted molar refractivity (Wildman–Crippen MR) is 100.0 cm³/mol. The molecule has 6 heteroatoms. The molecule has 1 heterocycles. The van der Waals surface area contributed by atoms with Gasteiger partial charge in [-0.1, -0.05) is 6.07 Å². The lowest BCUT2D eigenvalue weighted by Crippen LogP contribution is -2.38. The largest absolute Gasteiger partial charge is 0.379 e. The highest BCUT2D eigenvalue weighted by Gasteiger charge is 2.09. The first-order valence-electron chi connectivity index (χ1n) is 7.26. The van der Waals surface area contributed by atoms with Crippen molar-refractivity contribution >= 4 is 45.6 Å². The number of anilines is 1. The fraction of sp³-hybridized carbons (Fsp3) is 0.533. The van der Waals surface area contributed by atoms with E-state index in [0.717, 1.165) is 51.5 Å². The second-order valence-corrected chi connectivity index (χ2v) is 6.72. The molecule has 0 saturated carbocycles. The lowest BCUT2D eigenvalue weighted by Gasteiger charge is -2.26. The summed E-state index contributed by atoms with van der Waals surface area (Å²) in [6.45, 7) is 7.91. The van der Waals surface area contributed by atoms with Gasteiger partial charge in [0.25, 0.3) is 0 Å². The summed E-state index contributed by atoms with van der Waals surface area (Å²) in [6, 6.07) is 6.27. The van der Waals surface area contributed by atoms with Gasteiger partial charge in [-0.05, 0) is 72.4 Å². The quantitative estimate of drug-likeness (QED) is 0.436. The number of hydrogen-bond donors (Lipinski definition) is 2. The Kier molecular flexibility index (Phi) is 7.15. The maximum atomic E-state index is 5.34. The Morgan fingerprint density at radius 2 is 2.14 bits per heavy atom. The van der Waals surface area contributed by atoms with E-state index in [4.69, 9.17) is 17.0 Å². The first kappa shape index (κ1) is 16.9. The van der Waals surface area contributed by atoms with Gasteiger partial charge < -0.3 is 15.4 Å². The highest BCUT2D eigenvalue weighted by Crippen LogP contribution is 2.16. The van der Waals surface area contributed by atoms with Gasteiger partial charge >= 0.3 is 0 Å². The van der Waals surface area contributed by atoms with E-state index in [2.05, 4.69) is 63.2 Å². The minimum atomic E-state index is 0.691. The van der Waals surface area contributed by atoms with Gasteiger partial charge in [0.15, 0.2) is 5.11 Å². The molecule has 1 fully saturated rings. The number of nitrogens with zero attached hydrogens (tertiary/aromatic N) is 1. The Bertz CT molecular complexity index is 478. The zero-order valence-electron chi connectivity index (χ0n) is 12.3. The first-order valence-corrected chi connectivity index (χ1v) is 8.75. The minimum absolute atomic E-state index is 0.691.